The summed E-state index contributed by atoms with van der Waals surface area (Å²) in [5, 5.41) is 0. The van der Waals surface area contributed by atoms with Gasteiger partial charge in [-0.1, -0.05) is 17.7 Å². The van der Waals surface area contributed by atoms with Gasteiger partial charge in [0.1, 0.15) is 0 Å². The lowest BCUT2D eigenvalue weighted by Gasteiger charge is -2.41. The van der Waals surface area contributed by atoms with Gasteiger partial charge in [0.2, 0.25) is 0 Å². The predicted molar refractivity (Wildman–Crippen MR) is 86.0 cm³/mol. The average molecular weight is 289 g/mol. The predicted octanol–water partition coefficient (Wildman–Crippen LogP) is 3.29. The summed E-state index contributed by atoms with van der Waals surface area (Å²) in [7, 11) is 0. The molecular weight excluding hydrogens is 262 g/mol. The van der Waals surface area contributed by atoms with Crippen LogP contribution in [0, 0.1) is 20.8 Å². The second-order valence-electron chi connectivity index (χ2n) is 7.05. The SMILES string of the molecule is Cc1cc(C)c(C(=O)CN2CC(C)OC(C)(C)C2)c(C)c1. The van der Waals surface area contributed by atoms with Crippen molar-refractivity contribution in [1.29, 1.82) is 0 Å². The van der Waals surface area contributed by atoms with Crippen molar-refractivity contribution >= 4 is 5.78 Å². The number of Topliss-reactive ketones (excluding diaryl/α,β-unsaturated/α-hetero) is 1. The molecule has 1 aromatic carbocycles. The van der Waals surface area contributed by atoms with E-state index in [-0.39, 0.29) is 17.5 Å². The Morgan fingerprint density at radius 1 is 1.29 bits per heavy atom. The number of ether oxygens (including phenoxy) is 1. The van der Waals surface area contributed by atoms with Gasteiger partial charge in [0.25, 0.3) is 0 Å². The molecule has 1 aliphatic rings. The number of carbonyl (C=O) groups is 1. The molecule has 0 N–H and O–H groups in total. The lowest BCUT2D eigenvalue weighted by molar-refractivity contribution is -0.126. The molecule has 0 aliphatic carbocycles. The van der Waals surface area contributed by atoms with Crippen molar-refractivity contribution in [3.63, 3.8) is 0 Å². The first-order chi connectivity index (χ1) is 9.68. The van der Waals surface area contributed by atoms with E-state index >= 15 is 0 Å². The van der Waals surface area contributed by atoms with E-state index in [1.54, 1.807) is 0 Å². The van der Waals surface area contributed by atoms with Crippen LogP contribution in [0.2, 0.25) is 0 Å². The number of carbonyl (C=O) groups excluding carboxylic acids is 1. The fourth-order valence-corrected chi connectivity index (χ4v) is 3.61. The number of benzene rings is 1. The molecule has 2 rings (SSSR count). The van der Waals surface area contributed by atoms with E-state index < -0.39 is 0 Å². The number of hydrogen-bond acceptors (Lipinski definition) is 3. The van der Waals surface area contributed by atoms with Crippen molar-refractivity contribution in [2.45, 2.75) is 53.2 Å². The smallest absolute Gasteiger partial charge is 0.177 e. The second-order valence-corrected chi connectivity index (χ2v) is 7.05. The zero-order valence-corrected chi connectivity index (χ0v) is 14.1. The van der Waals surface area contributed by atoms with Gasteiger partial charge in [-0.3, -0.25) is 9.69 Å². The van der Waals surface area contributed by atoms with Gasteiger partial charge in [-0.05, 0) is 52.7 Å². The molecule has 1 aromatic rings. The normalized spacial score (nSPS) is 22.3. The molecule has 0 radical (unpaired) electrons. The number of hydrogen-bond donors (Lipinski definition) is 0. The molecule has 0 bridgehead atoms. The van der Waals surface area contributed by atoms with E-state index in [0.717, 1.165) is 29.8 Å². The molecule has 0 spiro atoms. The molecule has 0 amide bonds. The van der Waals surface area contributed by atoms with E-state index in [2.05, 4.69) is 44.7 Å². The highest BCUT2D eigenvalue weighted by Gasteiger charge is 2.32. The first-order valence-corrected chi connectivity index (χ1v) is 7.69. The Morgan fingerprint density at radius 3 is 2.38 bits per heavy atom. The molecule has 1 atom stereocenters. The molecule has 21 heavy (non-hydrogen) atoms. The lowest BCUT2D eigenvalue weighted by atomic mass is 9.96. The van der Waals surface area contributed by atoms with E-state index in [1.807, 2.05) is 13.8 Å². The van der Waals surface area contributed by atoms with Gasteiger partial charge in [-0.2, -0.15) is 0 Å². The number of aryl methyl sites for hydroxylation is 3. The van der Waals surface area contributed by atoms with Crippen molar-refractivity contribution in [3.05, 3.63) is 34.4 Å². The Labute approximate surface area is 128 Å². The number of nitrogens with zero attached hydrogens (tertiary/aromatic N) is 1. The molecular formula is C18H27NO2. The van der Waals surface area contributed by atoms with Crippen LogP contribution >= 0.6 is 0 Å². The van der Waals surface area contributed by atoms with Crippen molar-refractivity contribution in [3.8, 4) is 0 Å². The molecule has 1 aliphatic heterocycles. The van der Waals surface area contributed by atoms with Crippen molar-refractivity contribution in [2.24, 2.45) is 0 Å². The first kappa shape index (κ1) is 16.2. The van der Waals surface area contributed by atoms with Crippen molar-refractivity contribution in [2.75, 3.05) is 19.6 Å². The Bertz CT molecular complexity index is 525. The summed E-state index contributed by atoms with van der Waals surface area (Å²) in [6.07, 6.45) is 0.168. The second kappa shape index (κ2) is 5.90. The van der Waals surface area contributed by atoms with Crippen LogP contribution in [0.1, 0.15) is 47.8 Å². The van der Waals surface area contributed by atoms with Crippen LogP contribution in [-0.2, 0) is 4.74 Å². The maximum Gasteiger partial charge on any atom is 0.177 e. The third kappa shape index (κ3) is 3.92. The van der Waals surface area contributed by atoms with Crippen molar-refractivity contribution in [1.82, 2.24) is 4.90 Å². The molecule has 1 heterocycles. The topological polar surface area (TPSA) is 29.5 Å². The highest BCUT2D eigenvalue weighted by molar-refractivity contribution is 6.00. The van der Waals surface area contributed by atoms with Gasteiger partial charge in [0.05, 0.1) is 18.2 Å². The Hall–Kier alpha value is -1.19. The van der Waals surface area contributed by atoms with Gasteiger partial charge < -0.3 is 4.74 Å². The van der Waals surface area contributed by atoms with Gasteiger partial charge in [0.15, 0.2) is 5.78 Å². The van der Waals surface area contributed by atoms with Crippen molar-refractivity contribution < 1.29 is 9.53 Å². The third-order valence-corrected chi connectivity index (χ3v) is 3.96. The molecule has 3 nitrogen and oxygen atoms in total. The fourth-order valence-electron chi connectivity index (χ4n) is 3.61. The van der Waals surface area contributed by atoms with Gasteiger partial charge in [-0.25, -0.2) is 0 Å². The molecule has 116 valence electrons. The molecule has 0 saturated carbocycles. The summed E-state index contributed by atoms with van der Waals surface area (Å²) >= 11 is 0. The summed E-state index contributed by atoms with van der Waals surface area (Å²) in [5.41, 5.74) is 4.08. The maximum absolute atomic E-state index is 12.7. The fraction of sp³-hybridized carbons (Fsp3) is 0.611. The van der Waals surface area contributed by atoms with Gasteiger partial charge in [-0.15, -0.1) is 0 Å². The zero-order chi connectivity index (χ0) is 15.8. The zero-order valence-electron chi connectivity index (χ0n) is 14.1. The van der Waals surface area contributed by atoms with Crippen LogP contribution in [0.15, 0.2) is 12.1 Å². The minimum absolute atomic E-state index is 0.168. The van der Waals surface area contributed by atoms with E-state index in [4.69, 9.17) is 4.74 Å². The number of morpholine rings is 1. The number of rotatable bonds is 3. The highest BCUT2D eigenvalue weighted by atomic mass is 16.5. The van der Waals surface area contributed by atoms with Crippen LogP contribution in [-0.4, -0.2) is 42.0 Å². The highest BCUT2D eigenvalue weighted by Crippen LogP contribution is 2.22. The minimum Gasteiger partial charge on any atom is -0.370 e. The quantitative estimate of drug-likeness (QED) is 0.800. The molecule has 1 fully saturated rings. The monoisotopic (exact) mass is 289 g/mol. The average Bonchev–Trinajstić information content (AvgIpc) is 2.23. The van der Waals surface area contributed by atoms with Crippen LogP contribution in [0.25, 0.3) is 0 Å². The number of ketones is 1. The van der Waals surface area contributed by atoms with Crippen LogP contribution in [0.5, 0.6) is 0 Å². The molecule has 0 aromatic heterocycles. The summed E-state index contributed by atoms with van der Waals surface area (Å²) < 4.78 is 5.90. The van der Waals surface area contributed by atoms with Crippen LogP contribution in [0.3, 0.4) is 0 Å². The van der Waals surface area contributed by atoms with E-state index in [9.17, 15) is 4.79 Å². The Balaban J connectivity index is 2.15. The summed E-state index contributed by atoms with van der Waals surface area (Å²) in [4.78, 5) is 14.9. The standard InChI is InChI=1S/C18H27NO2/c1-12-7-13(2)17(14(3)8-12)16(20)10-19-9-15(4)21-18(5,6)11-19/h7-8,15H,9-11H2,1-6H3. The Morgan fingerprint density at radius 2 is 1.86 bits per heavy atom. The third-order valence-electron chi connectivity index (χ3n) is 3.96. The minimum atomic E-state index is -0.185. The summed E-state index contributed by atoms with van der Waals surface area (Å²) in [6.45, 7) is 14.5. The van der Waals surface area contributed by atoms with Crippen LogP contribution in [0.4, 0.5) is 0 Å². The van der Waals surface area contributed by atoms with E-state index in [0.29, 0.717) is 6.54 Å². The van der Waals surface area contributed by atoms with Gasteiger partial charge >= 0.3 is 0 Å². The maximum atomic E-state index is 12.7. The summed E-state index contributed by atoms with van der Waals surface area (Å²) in [6, 6.07) is 4.18. The van der Waals surface area contributed by atoms with E-state index in [1.165, 1.54) is 5.56 Å². The first-order valence-electron chi connectivity index (χ1n) is 7.69. The summed E-state index contributed by atoms with van der Waals surface area (Å²) in [5.74, 6) is 0.218. The molecule has 1 unspecified atom stereocenters. The van der Waals surface area contributed by atoms with Crippen LogP contribution < -0.4 is 0 Å². The lowest BCUT2D eigenvalue weighted by Crippen LogP contribution is -2.53. The largest absolute Gasteiger partial charge is 0.370 e. The van der Waals surface area contributed by atoms with Gasteiger partial charge in [0, 0.05) is 18.7 Å². The molecule has 3 heteroatoms. The molecule has 1 saturated heterocycles. The Kier molecular flexibility index (Phi) is 4.54.